The van der Waals surface area contributed by atoms with E-state index < -0.39 is 16.0 Å². The lowest BCUT2D eigenvalue weighted by molar-refractivity contribution is -0.148. The molecule has 1 aliphatic heterocycles. The monoisotopic (exact) mass is 432 g/mol. The number of piperidine rings is 1. The second kappa shape index (κ2) is 9.17. The summed E-state index contributed by atoms with van der Waals surface area (Å²) in [7, 11) is -3.92. The van der Waals surface area contributed by atoms with Crippen molar-refractivity contribution in [1.82, 2.24) is 0 Å². The highest BCUT2D eigenvalue weighted by Crippen LogP contribution is 2.29. The van der Waals surface area contributed by atoms with Crippen LogP contribution < -0.4 is 9.62 Å². The Bertz CT molecular complexity index is 1020. The molecule has 0 radical (unpaired) electrons. The van der Waals surface area contributed by atoms with Crippen LogP contribution in [0.15, 0.2) is 53.4 Å². The number of ether oxygens (including phenoxy) is 1. The van der Waals surface area contributed by atoms with Gasteiger partial charge in [0.2, 0.25) is 0 Å². The van der Waals surface area contributed by atoms with Crippen molar-refractivity contribution in [3.05, 3.63) is 54.1 Å². The van der Waals surface area contributed by atoms with Crippen molar-refractivity contribution >= 4 is 33.3 Å². The minimum atomic E-state index is -3.92. The first kappa shape index (κ1) is 21.6. The minimum absolute atomic E-state index is 0.0194. The molecule has 8 nitrogen and oxygen atoms in total. The molecule has 2 N–H and O–H groups in total. The lowest BCUT2D eigenvalue weighted by Crippen LogP contribution is -2.39. The number of rotatable bonds is 7. The fourth-order valence-electron chi connectivity index (χ4n) is 3.46. The van der Waals surface area contributed by atoms with Gasteiger partial charge in [-0.25, -0.2) is 13.2 Å². The zero-order valence-electron chi connectivity index (χ0n) is 16.6. The molecule has 3 rings (SSSR count). The van der Waals surface area contributed by atoms with E-state index in [4.69, 9.17) is 4.74 Å². The van der Waals surface area contributed by atoms with Crippen molar-refractivity contribution < 1.29 is 27.9 Å². The molecule has 0 saturated carbocycles. The smallest absolute Gasteiger partial charge is 0.337 e. The Kier molecular flexibility index (Phi) is 6.61. The van der Waals surface area contributed by atoms with Crippen LogP contribution in [0.3, 0.4) is 0 Å². The van der Waals surface area contributed by atoms with E-state index in [1.165, 1.54) is 24.3 Å². The van der Waals surface area contributed by atoms with Gasteiger partial charge in [-0.2, -0.15) is 0 Å². The first-order valence-electron chi connectivity index (χ1n) is 9.68. The summed E-state index contributed by atoms with van der Waals surface area (Å²) in [4.78, 5) is 25.8. The predicted octanol–water partition coefficient (Wildman–Crippen LogP) is 2.97. The number of sulfonamides is 1. The van der Waals surface area contributed by atoms with E-state index in [1.54, 1.807) is 31.2 Å². The third-order valence-corrected chi connectivity index (χ3v) is 6.32. The molecule has 0 spiro atoms. The number of carboxylic acids is 1. The summed E-state index contributed by atoms with van der Waals surface area (Å²) in [6.07, 6.45) is 1.49. The van der Waals surface area contributed by atoms with E-state index >= 15 is 0 Å². The highest BCUT2D eigenvalue weighted by atomic mass is 32.2. The summed E-state index contributed by atoms with van der Waals surface area (Å²) < 4.78 is 32.6. The lowest BCUT2D eigenvalue weighted by atomic mass is 9.97. The van der Waals surface area contributed by atoms with Crippen molar-refractivity contribution in [1.29, 1.82) is 0 Å². The molecule has 0 unspecified atom stereocenters. The molecular weight excluding hydrogens is 408 g/mol. The van der Waals surface area contributed by atoms with Gasteiger partial charge in [0.1, 0.15) is 0 Å². The number of benzene rings is 2. The molecule has 2 aromatic rings. The summed E-state index contributed by atoms with van der Waals surface area (Å²) in [5.41, 5.74) is 0.434. The number of esters is 1. The Balaban J connectivity index is 1.85. The zero-order valence-corrected chi connectivity index (χ0v) is 17.4. The summed E-state index contributed by atoms with van der Waals surface area (Å²) in [6, 6.07) is 12.3. The van der Waals surface area contributed by atoms with Gasteiger partial charge < -0.3 is 14.7 Å². The van der Waals surface area contributed by atoms with E-state index in [1.807, 2.05) is 4.90 Å². The largest absolute Gasteiger partial charge is 0.478 e. The topological polar surface area (TPSA) is 113 Å². The molecule has 0 bridgehead atoms. The second-order valence-corrected chi connectivity index (χ2v) is 8.67. The van der Waals surface area contributed by atoms with Crippen LogP contribution in [0.4, 0.5) is 11.4 Å². The van der Waals surface area contributed by atoms with E-state index in [0.29, 0.717) is 25.4 Å². The molecule has 1 fully saturated rings. The van der Waals surface area contributed by atoms with Crippen LogP contribution in [0.1, 0.15) is 30.1 Å². The molecule has 1 saturated heterocycles. The molecule has 1 aliphatic rings. The van der Waals surface area contributed by atoms with Gasteiger partial charge in [-0.1, -0.05) is 18.2 Å². The van der Waals surface area contributed by atoms with Crippen molar-refractivity contribution in [2.24, 2.45) is 5.92 Å². The van der Waals surface area contributed by atoms with E-state index in [0.717, 1.165) is 12.8 Å². The Morgan fingerprint density at radius 3 is 2.60 bits per heavy atom. The molecular formula is C21H24N2O6S. The number of carbonyl (C=O) groups is 2. The van der Waals surface area contributed by atoms with Gasteiger partial charge in [0.25, 0.3) is 10.0 Å². The number of anilines is 2. The van der Waals surface area contributed by atoms with Crippen LogP contribution in [0.2, 0.25) is 0 Å². The van der Waals surface area contributed by atoms with Crippen molar-refractivity contribution in [2.45, 2.75) is 24.7 Å². The molecule has 2 aromatic carbocycles. The fourth-order valence-corrected chi connectivity index (χ4v) is 4.56. The summed E-state index contributed by atoms with van der Waals surface area (Å²) >= 11 is 0. The zero-order chi connectivity index (χ0) is 21.7. The van der Waals surface area contributed by atoms with Gasteiger partial charge in [-0.05, 0) is 50.1 Å². The maximum atomic E-state index is 12.6. The quantitative estimate of drug-likeness (QED) is 0.647. The average Bonchev–Trinajstić information content (AvgIpc) is 2.74. The second-order valence-electron chi connectivity index (χ2n) is 6.99. The van der Waals surface area contributed by atoms with Crippen LogP contribution in [0.25, 0.3) is 0 Å². The number of nitrogens with zero attached hydrogens (tertiary/aromatic N) is 1. The number of aromatic carboxylic acids is 1. The predicted molar refractivity (Wildman–Crippen MR) is 112 cm³/mol. The van der Waals surface area contributed by atoms with Gasteiger partial charge in [0, 0.05) is 18.8 Å². The number of hydrogen-bond acceptors (Lipinski definition) is 6. The van der Waals surface area contributed by atoms with Gasteiger partial charge in [0.15, 0.2) is 0 Å². The molecule has 30 heavy (non-hydrogen) atoms. The van der Waals surface area contributed by atoms with Crippen LogP contribution in [-0.2, 0) is 19.6 Å². The number of nitrogens with one attached hydrogen (secondary N) is 1. The fraction of sp³-hybridized carbons (Fsp3) is 0.333. The first-order chi connectivity index (χ1) is 14.3. The van der Waals surface area contributed by atoms with Crippen molar-refractivity contribution in [3.63, 3.8) is 0 Å². The Hall–Kier alpha value is -3.07. The highest BCUT2D eigenvalue weighted by Gasteiger charge is 2.28. The van der Waals surface area contributed by atoms with Gasteiger partial charge >= 0.3 is 11.9 Å². The Morgan fingerprint density at radius 1 is 1.20 bits per heavy atom. The molecule has 160 valence electrons. The maximum absolute atomic E-state index is 12.6. The van der Waals surface area contributed by atoms with Gasteiger partial charge in [-0.3, -0.25) is 9.52 Å². The summed E-state index contributed by atoms with van der Waals surface area (Å²) in [5.74, 6) is -1.78. The Labute approximate surface area is 175 Å². The first-order valence-corrected chi connectivity index (χ1v) is 11.2. The van der Waals surface area contributed by atoms with E-state index in [9.17, 15) is 23.1 Å². The third-order valence-electron chi connectivity index (χ3n) is 4.94. The number of carbonyl (C=O) groups excluding carboxylic acids is 1. The average molecular weight is 432 g/mol. The van der Waals surface area contributed by atoms with Crippen LogP contribution in [0, 0.1) is 5.92 Å². The summed E-state index contributed by atoms with van der Waals surface area (Å²) in [6.45, 7) is 3.17. The maximum Gasteiger partial charge on any atom is 0.337 e. The highest BCUT2D eigenvalue weighted by molar-refractivity contribution is 7.92. The number of carboxylic acid groups (broad SMARTS) is 1. The standard InChI is InChI=1S/C21H24N2O6S/c1-2-29-21(26)15-7-6-12-23(14-15)16-10-11-19(18(13-16)20(24)25)22-30(27,28)17-8-4-3-5-9-17/h3-5,8-11,13,15,22H,2,6-7,12,14H2,1H3,(H,24,25)/t15-/m0/s1. The van der Waals surface area contributed by atoms with Crippen LogP contribution in [-0.4, -0.2) is 45.2 Å². The van der Waals surface area contributed by atoms with Gasteiger partial charge in [0.05, 0.1) is 28.7 Å². The molecule has 0 aromatic heterocycles. The number of hydrogen-bond donors (Lipinski definition) is 2. The molecule has 1 atom stereocenters. The van der Waals surface area contributed by atoms with Crippen LogP contribution in [0.5, 0.6) is 0 Å². The van der Waals surface area contributed by atoms with Gasteiger partial charge in [-0.15, -0.1) is 0 Å². The van der Waals surface area contributed by atoms with Crippen molar-refractivity contribution in [3.8, 4) is 0 Å². The Morgan fingerprint density at radius 2 is 1.93 bits per heavy atom. The lowest BCUT2D eigenvalue weighted by Gasteiger charge is -2.33. The molecule has 1 heterocycles. The van der Waals surface area contributed by atoms with E-state index in [-0.39, 0.29) is 28.0 Å². The van der Waals surface area contributed by atoms with E-state index in [2.05, 4.69) is 4.72 Å². The van der Waals surface area contributed by atoms with Crippen LogP contribution >= 0.6 is 0 Å². The molecule has 0 aliphatic carbocycles. The molecule has 0 amide bonds. The summed E-state index contributed by atoms with van der Waals surface area (Å²) in [5, 5.41) is 9.64. The normalized spacial score (nSPS) is 16.7. The minimum Gasteiger partial charge on any atom is -0.478 e. The SMILES string of the molecule is CCOC(=O)[C@H]1CCCN(c2ccc(NS(=O)(=O)c3ccccc3)c(C(=O)O)c2)C1. The van der Waals surface area contributed by atoms with Crippen molar-refractivity contribution in [2.75, 3.05) is 29.3 Å². The molecule has 9 heteroatoms. The third kappa shape index (κ3) is 4.91.